The molecule has 2 atom stereocenters. The predicted molar refractivity (Wildman–Crippen MR) is 69.7 cm³/mol. The normalized spacial score (nSPS) is 14.8. The molecular weight excluding hydrogens is 236 g/mol. The van der Waals surface area contributed by atoms with Crippen molar-refractivity contribution in [3.05, 3.63) is 23.9 Å². The number of hydrogen-bond donors (Lipinski definition) is 1. The smallest absolute Gasteiger partial charge is 0.243 e. The van der Waals surface area contributed by atoms with E-state index in [9.17, 15) is 4.21 Å². The van der Waals surface area contributed by atoms with E-state index in [1.165, 1.54) is 0 Å². The zero-order valence-electron chi connectivity index (χ0n) is 10.2. The topological polar surface area (TPSA) is 59.3 Å². The molecule has 0 fully saturated rings. The van der Waals surface area contributed by atoms with Gasteiger partial charge in [0.15, 0.2) is 5.65 Å². The maximum absolute atomic E-state index is 11.2. The molecule has 0 spiro atoms. The standard InChI is InChI=1S/C11H16N4OS/c1-8-5-4-6-15-10(8)13-11(14-15)12-7-9(2)17(3)16/h4-6,9H,7H2,1-3H3,(H,12,14). The largest absolute Gasteiger partial charge is 0.352 e. The van der Waals surface area contributed by atoms with Crippen molar-refractivity contribution in [2.45, 2.75) is 19.1 Å². The molecule has 0 aliphatic heterocycles. The van der Waals surface area contributed by atoms with E-state index in [0.717, 1.165) is 11.2 Å². The van der Waals surface area contributed by atoms with Gasteiger partial charge in [-0.2, -0.15) is 4.98 Å². The summed E-state index contributed by atoms with van der Waals surface area (Å²) in [6.45, 7) is 4.54. The van der Waals surface area contributed by atoms with Crippen molar-refractivity contribution in [1.29, 1.82) is 0 Å². The Labute approximate surface area is 103 Å². The molecule has 0 saturated carbocycles. The lowest BCUT2D eigenvalue weighted by Crippen LogP contribution is -2.21. The summed E-state index contributed by atoms with van der Waals surface area (Å²) in [4.78, 5) is 4.39. The lowest BCUT2D eigenvalue weighted by atomic mass is 10.3. The van der Waals surface area contributed by atoms with E-state index in [-0.39, 0.29) is 5.25 Å². The highest BCUT2D eigenvalue weighted by Crippen LogP contribution is 2.09. The number of fused-ring (bicyclic) bond motifs is 1. The predicted octanol–water partition coefficient (Wildman–Crippen LogP) is 1.22. The van der Waals surface area contributed by atoms with Gasteiger partial charge in [-0.3, -0.25) is 4.21 Å². The molecule has 0 saturated heterocycles. The highest BCUT2D eigenvalue weighted by molar-refractivity contribution is 7.84. The third-order valence-corrected chi connectivity index (χ3v) is 3.97. The molecule has 1 N–H and O–H groups in total. The first kappa shape index (κ1) is 12.0. The summed E-state index contributed by atoms with van der Waals surface area (Å²) < 4.78 is 13.0. The molecule has 2 rings (SSSR count). The van der Waals surface area contributed by atoms with Gasteiger partial charge >= 0.3 is 0 Å². The third-order valence-electron chi connectivity index (χ3n) is 2.67. The Morgan fingerprint density at radius 3 is 3.00 bits per heavy atom. The molecule has 2 aromatic rings. The number of nitrogens with one attached hydrogen (secondary N) is 1. The third kappa shape index (κ3) is 2.63. The maximum Gasteiger partial charge on any atom is 0.243 e. The van der Waals surface area contributed by atoms with Crippen molar-refractivity contribution in [2.24, 2.45) is 0 Å². The number of aryl methyl sites for hydroxylation is 1. The summed E-state index contributed by atoms with van der Waals surface area (Å²) in [6.07, 6.45) is 3.56. The molecule has 0 radical (unpaired) electrons. The Hall–Kier alpha value is -1.43. The Balaban J connectivity index is 2.15. The van der Waals surface area contributed by atoms with Crippen LogP contribution in [0.25, 0.3) is 5.65 Å². The van der Waals surface area contributed by atoms with Crippen LogP contribution in [0.5, 0.6) is 0 Å². The van der Waals surface area contributed by atoms with Gasteiger partial charge < -0.3 is 5.32 Å². The molecule has 6 heteroatoms. The zero-order chi connectivity index (χ0) is 12.4. The van der Waals surface area contributed by atoms with E-state index < -0.39 is 10.8 Å². The van der Waals surface area contributed by atoms with Crippen LogP contribution < -0.4 is 5.32 Å². The fourth-order valence-electron chi connectivity index (χ4n) is 1.47. The second kappa shape index (κ2) is 4.83. The molecule has 92 valence electrons. The van der Waals surface area contributed by atoms with Crippen molar-refractivity contribution < 1.29 is 4.21 Å². The highest BCUT2D eigenvalue weighted by Gasteiger charge is 2.09. The van der Waals surface area contributed by atoms with Gasteiger partial charge in [-0.15, -0.1) is 5.10 Å². The fourth-order valence-corrected chi connectivity index (χ4v) is 1.78. The number of anilines is 1. The minimum Gasteiger partial charge on any atom is -0.352 e. The van der Waals surface area contributed by atoms with Crippen LogP contribution in [0.3, 0.4) is 0 Å². The summed E-state index contributed by atoms with van der Waals surface area (Å²) in [7, 11) is -0.831. The van der Waals surface area contributed by atoms with Crippen LogP contribution in [-0.2, 0) is 10.8 Å². The van der Waals surface area contributed by atoms with Crippen molar-refractivity contribution >= 4 is 22.4 Å². The molecule has 0 amide bonds. The second-order valence-corrected chi connectivity index (χ2v) is 5.89. The molecule has 0 aliphatic rings. The Bertz CT molecular complexity index is 551. The number of rotatable bonds is 4. The van der Waals surface area contributed by atoms with E-state index >= 15 is 0 Å². The van der Waals surface area contributed by atoms with E-state index in [1.54, 1.807) is 10.8 Å². The van der Waals surface area contributed by atoms with Crippen LogP contribution in [0, 0.1) is 6.92 Å². The zero-order valence-corrected chi connectivity index (χ0v) is 11.0. The average molecular weight is 252 g/mol. The lowest BCUT2D eigenvalue weighted by Gasteiger charge is -2.07. The number of aromatic nitrogens is 3. The first-order valence-corrected chi connectivity index (χ1v) is 7.08. The average Bonchev–Trinajstić information content (AvgIpc) is 2.70. The Morgan fingerprint density at radius 2 is 2.35 bits per heavy atom. The van der Waals surface area contributed by atoms with E-state index in [1.807, 2.05) is 32.2 Å². The molecule has 0 aliphatic carbocycles. The highest BCUT2D eigenvalue weighted by atomic mass is 32.2. The monoisotopic (exact) mass is 252 g/mol. The fraction of sp³-hybridized carbons (Fsp3) is 0.455. The van der Waals surface area contributed by atoms with Gasteiger partial charge in [0.1, 0.15) is 0 Å². The van der Waals surface area contributed by atoms with Crippen LogP contribution in [0.1, 0.15) is 12.5 Å². The second-order valence-electron chi connectivity index (χ2n) is 4.08. The summed E-state index contributed by atoms with van der Waals surface area (Å²) in [5, 5.41) is 7.49. The van der Waals surface area contributed by atoms with Gasteiger partial charge in [0.2, 0.25) is 5.95 Å². The molecule has 2 heterocycles. The Morgan fingerprint density at radius 1 is 1.59 bits per heavy atom. The first-order valence-electron chi connectivity index (χ1n) is 5.46. The van der Waals surface area contributed by atoms with Crippen molar-refractivity contribution in [1.82, 2.24) is 14.6 Å². The molecule has 17 heavy (non-hydrogen) atoms. The van der Waals surface area contributed by atoms with Crippen LogP contribution in [0.15, 0.2) is 18.3 Å². The van der Waals surface area contributed by atoms with E-state index in [0.29, 0.717) is 12.5 Å². The summed E-state index contributed by atoms with van der Waals surface area (Å²) >= 11 is 0. The Kier molecular flexibility index (Phi) is 3.42. The van der Waals surface area contributed by atoms with Crippen molar-refractivity contribution in [3.63, 3.8) is 0 Å². The SMILES string of the molecule is Cc1cccn2nc(NCC(C)S(C)=O)nc12. The van der Waals surface area contributed by atoms with Crippen molar-refractivity contribution in [2.75, 3.05) is 18.1 Å². The molecule has 0 aromatic carbocycles. The quantitative estimate of drug-likeness (QED) is 0.888. The van der Waals surface area contributed by atoms with Crippen LogP contribution in [-0.4, -0.2) is 36.9 Å². The van der Waals surface area contributed by atoms with Gasteiger partial charge in [-0.25, -0.2) is 4.52 Å². The van der Waals surface area contributed by atoms with Gasteiger partial charge in [0, 0.05) is 35.0 Å². The minimum absolute atomic E-state index is 0.0858. The summed E-state index contributed by atoms with van der Waals surface area (Å²) in [5.41, 5.74) is 1.93. The van der Waals surface area contributed by atoms with Gasteiger partial charge in [-0.05, 0) is 25.5 Å². The van der Waals surface area contributed by atoms with Crippen LogP contribution in [0.4, 0.5) is 5.95 Å². The summed E-state index contributed by atoms with van der Waals surface area (Å²) in [6, 6.07) is 3.93. The van der Waals surface area contributed by atoms with Crippen LogP contribution in [0.2, 0.25) is 0 Å². The van der Waals surface area contributed by atoms with Gasteiger partial charge in [0.25, 0.3) is 0 Å². The first-order chi connectivity index (χ1) is 8.08. The van der Waals surface area contributed by atoms with Gasteiger partial charge in [-0.1, -0.05) is 6.07 Å². The number of pyridine rings is 1. The number of hydrogen-bond acceptors (Lipinski definition) is 4. The number of nitrogens with zero attached hydrogens (tertiary/aromatic N) is 3. The van der Waals surface area contributed by atoms with E-state index in [4.69, 9.17) is 0 Å². The minimum atomic E-state index is -0.831. The van der Waals surface area contributed by atoms with Crippen LogP contribution >= 0.6 is 0 Å². The van der Waals surface area contributed by atoms with Crippen molar-refractivity contribution in [3.8, 4) is 0 Å². The molecule has 5 nitrogen and oxygen atoms in total. The lowest BCUT2D eigenvalue weighted by molar-refractivity contribution is 0.678. The summed E-state index contributed by atoms with van der Waals surface area (Å²) in [5.74, 6) is 0.580. The molecular formula is C11H16N4OS. The molecule has 0 bridgehead atoms. The maximum atomic E-state index is 11.2. The van der Waals surface area contributed by atoms with Gasteiger partial charge in [0.05, 0.1) is 0 Å². The molecule has 2 aromatic heterocycles. The molecule has 2 unspecified atom stereocenters. The van der Waals surface area contributed by atoms with E-state index in [2.05, 4.69) is 15.4 Å².